The van der Waals surface area contributed by atoms with Gasteiger partial charge in [0.25, 0.3) is 0 Å². The summed E-state index contributed by atoms with van der Waals surface area (Å²) in [6.07, 6.45) is 3.64. The smallest absolute Gasteiger partial charge is 0.128 e. The highest BCUT2D eigenvalue weighted by atomic mass is 79.9. The minimum Gasteiger partial charge on any atom is -0.322 e. The summed E-state index contributed by atoms with van der Waals surface area (Å²) in [4.78, 5) is 8.80. The quantitative estimate of drug-likeness (QED) is 0.649. The highest BCUT2D eigenvalue weighted by Gasteiger charge is 2.15. The van der Waals surface area contributed by atoms with E-state index in [9.17, 15) is 0 Å². The first-order chi connectivity index (χ1) is 9.65. The molecule has 3 rings (SSSR count). The number of hydrogen-bond acceptors (Lipinski definition) is 2. The van der Waals surface area contributed by atoms with Crippen molar-refractivity contribution in [1.82, 2.24) is 14.5 Å². The number of fused-ring (bicyclic) bond motifs is 1. The van der Waals surface area contributed by atoms with E-state index in [1.54, 1.807) is 6.20 Å². The number of hydrogen-bond donors (Lipinski definition) is 0. The van der Waals surface area contributed by atoms with Gasteiger partial charge >= 0.3 is 0 Å². The van der Waals surface area contributed by atoms with Crippen LogP contribution in [-0.4, -0.2) is 14.5 Å². The summed E-state index contributed by atoms with van der Waals surface area (Å²) in [7, 11) is 0. The van der Waals surface area contributed by atoms with E-state index in [0.717, 1.165) is 26.9 Å². The number of pyridine rings is 1. The van der Waals surface area contributed by atoms with Crippen molar-refractivity contribution >= 4 is 38.6 Å². The minimum absolute atomic E-state index is 0.141. The third-order valence-electron chi connectivity index (χ3n) is 3.16. The van der Waals surface area contributed by atoms with Crippen LogP contribution in [0, 0.1) is 0 Å². The molecule has 2 heterocycles. The van der Waals surface area contributed by atoms with E-state index >= 15 is 0 Å². The van der Waals surface area contributed by atoms with Crippen molar-refractivity contribution in [2.75, 3.05) is 0 Å². The maximum absolute atomic E-state index is 6.28. The van der Waals surface area contributed by atoms with Crippen LogP contribution in [0.15, 0.2) is 47.2 Å². The first-order valence-corrected chi connectivity index (χ1v) is 7.57. The Bertz CT molecular complexity index is 737. The summed E-state index contributed by atoms with van der Waals surface area (Å²) < 4.78 is 3.18. The van der Waals surface area contributed by atoms with Gasteiger partial charge in [0, 0.05) is 16.9 Å². The van der Waals surface area contributed by atoms with E-state index in [2.05, 4.69) is 42.6 Å². The molecule has 0 saturated heterocycles. The summed E-state index contributed by atoms with van der Waals surface area (Å²) >= 11 is 9.79. The lowest BCUT2D eigenvalue weighted by Crippen LogP contribution is -2.06. The number of alkyl halides is 1. The highest BCUT2D eigenvalue weighted by Crippen LogP contribution is 2.27. The molecular formula is C15H13BrClN3. The normalized spacial score (nSPS) is 12.8. The van der Waals surface area contributed by atoms with Crippen molar-refractivity contribution in [2.45, 2.75) is 18.8 Å². The molecule has 5 heteroatoms. The van der Waals surface area contributed by atoms with Crippen molar-refractivity contribution in [2.24, 2.45) is 0 Å². The van der Waals surface area contributed by atoms with Crippen LogP contribution in [0.3, 0.4) is 0 Å². The van der Waals surface area contributed by atoms with Crippen LogP contribution in [0.1, 0.15) is 23.7 Å². The van der Waals surface area contributed by atoms with Gasteiger partial charge in [-0.1, -0.05) is 22.0 Å². The van der Waals surface area contributed by atoms with Gasteiger partial charge in [0.1, 0.15) is 5.82 Å². The molecule has 1 aromatic carbocycles. The van der Waals surface area contributed by atoms with Gasteiger partial charge in [-0.05, 0) is 36.8 Å². The molecule has 3 aromatic rings. The van der Waals surface area contributed by atoms with Gasteiger partial charge in [0.15, 0.2) is 0 Å². The van der Waals surface area contributed by atoms with E-state index < -0.39 is 0 Å². The zero-order chi connectivity index (χ0) is 14.1. The van der Waals surface area contributed by atoms with E-state index in [4.69, 9.17) is 11.6 Å². The summed E-state index contributed by atoms with van der Waals surface area (Å²) in [5.74, 6) is 0.878. The lowest BCUT2D eigenvalue weighted by Gasteiger charge is -2.10. The number of aromatic nitrogens is 3. The Morgan fingerprint density at radius 1 is 1.35 bits per heavy atom. The minimum atomic E-state index is -0.141. The van der Waals surface area contributed by atoms with Gasteiger partial charge < -0.3 is 4.57 Å². The third-order valence-corrected chi connectivity index (χ3v) is 3.85. The Balaban J connectivity index is 2.15. The zero-order valence-electron chi connectivity index (χ0n) is 10.9. The van der Waals surface area contributed by atoms with Crippen LogP contribution < -0.4 is 0 Å². The number of benzene rings is 1. The van der Waals surface area contributed by atoms with Gasteiger partial charge in [-0.3, -0.25) is 4.98 Å². The van der Waals surface area contributed by atoms with Gasteiger partial charge in [-0.25, -0.2) is 4.98 Å². The lowest BCUT2D eigenvalue weighted by molar-refractivity contribution is 0.740. The average molecular weight is 351 g/mol. The van der Waals surface area contributed by atoms with Crippen molar-refractivity contribution in [3.63, 3.8) is 0 Å². The molecule has 0 spiro atoms. The molecule has 0 saturated carbocycles. The van der Waals surface area contributed by atoms with Crippen LogP contribution in [-0.2, 0) is 6.54 Å². The predicted molar refractivity (Wildman–Crippen MR) is 85.0 cm³/mol. The summed E-state index contributed by atoms with van der Waals surface area (Å²) in [6, 6.07) is 10.1. The van der Waals surface area contributed by atoms with E-state index in [-0.39, 0.29) is 5.38 Å². The molecule has 0 aliphatic heterocycles. The van der Waals surface area contributed by atoms with Crippen LogP contribution in [0.2, 0.25) is 0 Å². The third kappa shape index (κ3) is 2.58. The molecule has 1 unspecified atom stereocenters. The van der Waals surface area contributed by atoms with Crippen LogP contribution >= 0.6 is 27.5 Å². The fourth-order valence-corrected chi connectivity index (χ4v) is 2.77. The standard InChI is InChI=1S/C15H13BrClN3/c1-10(17)15-19-13-5-4-12(16)7-14(13)20(15)9-11-3-2-6-18-8-11/h2-8,10H,9H2,1H3. The molecule has 1 atom stereocenters. The lowest BCUT2D eigenvalue weighted by atomic mass is 10.2. The SMILES string of the molecule is CC(Cl)c1nc2ccc(Br)cc2n1Cc1cccnc1. The predicted octanol–water partition coefficient (Wildman–Crippen LogP) is 4.54. The first-order valence-electron chi connectivity index (χ1n) is 6.34. The fourth-order valence-electron chi connectivity index (χ4n) is 2.26. The van der Waals surface area contributed by atoms with Gasteiger partial charge in [0.05, 0.1) is 23.0 Å². The molecule has 0 N–H and O–H groups in total. The first kappa shape index (κ1) is 13.6. The Morgan fingerprint density at radius 3 is 2.90 bits per heavy atom. The Morgan fingerprint density at radius 2 is 2.20 bits per heavy atom. The second-order valence-corrected chi connectivity index (χ2v) is 6.24. The second kappa shape index (κ2) is 5.54. The van der Waals surface area contributed by atoms with Crippen molar-refractivity contribution < 1.29 is 0 Å². The van der Waals surface area contributed by atoms with Gasteiger partial charge in [-0.15, -0.1) is 11.6 Å². The Kier molecular flexibility index (Phi) is 3.76. The van der Waals surface area contributed by atoms with Crippen molar-refractivity contribution in [3.05, 3.63) is 58.6 Å². The van der Waals surface area contributed by atoms with Crippen LogP contribution in [0.4, 0.5) is 0 Å². The molecule has 0 amide bonds. The monoisotopic (exact) mass is 349 g/mol. The van der Waals surface area contributed by atoms with E-state index in [0.29, 0.717) is 6.54 Å². The largest absolute Gasteiger partial charge is 0.322 e. The van der Waals surface area contributed by atoms with Gasteiger partial charge in [-0.2, -0.15) is 0 Å². The Labute approximate surface area is 130 Å². The maximum atomic E-state index is 6.28. The second-order valence-electron chi connectivity index (χ2n) is 4.67. The molecule has 0 aliphatic rings. The molecular weight excluding hydrogens is 338 g/mol. The average Bonchev–Trinajstić information content (AvgIpc) is 2.78. The maximum Gasteiger partial charge on any atom is 0.128 e. The molecule has 0 fully saturated rings. The van der Waals surface area contributed by atoms with Crippen LogP contribution in [0.5, 0.6) is 0 Å². The molecule has 3 nitrogen and oxygen atoms in total. The topological polar surface area (TPSA) is 30.7 Å². The molecule has 0 bridgehead atoms. The Hall–Kier alpha value is -1.39. The molecule has 20 heavy (non-hydrogen) atoms. The van der Waals surface area contributed by atoms with Gasteiger partial charge in [0.2, 0.25) is 0 Å². The number of halogens is 2. The highest BCUT2D eigenvalue weighted by molar-refractivity contribution is 9.10. The molecule has 2 aromatic heterocycles. The zero-order valence-corrected chi connectivity index (χ0v) is 13.3. The van der Waals surface area contributed by atoms with E-state index in [1.165, 1.54) is 0 Å². The summed E-state index contributed by atoms with van der Waals surface area (Å²) in [5.41, 5.74) is 3.16. The van der Waals surface area contributed by atoms with Crippen molar-refractivity contribution in [1.29, 1.82) is 0 Å². The summed E-state index contributed by atoms with van der Waals surface area (Å²) in [6.45, 7) is 2.66. The molecule has 0 radical (unpaired) electrons. The van der Waals surface area contributed by atoms with Crippen molar-refractivity contribution in [3.8, 4) is 0 Å². The molecule has 0 aliphatic carbocycles. The summed E-state index contributed by atoms with van der Waals surface area (Å²) in [5, 5.41) is -0.141. The number of rotatable bonds is 3. The fraction of sp³-hybridized carbons (Fsp3) is 0.200. The van der Waals surface area contributed by atoms with E-state index in [1.807, 2.05) is 31.3 Å². The molecule has 102 valence electrons. The van der Waals surface area contributed by atoms with Crippen LogP contribution in [0.25, 0.3) is 11.0 Å². The number of imidazole rings is 1. The number of nitrogens with zero attached hydrogens (tertiary/aromatic N) is 3.